The summed E-state index contributed by atoms with van der Waals surface area (Å²) in [6.07, 6.45) is 13.7. The van der Waals surface area contributed by atoms with E-state index >= 15 is 0 Å². The number of aromatic nitrogens is 6. The predicted molar refractivity (Wildman–Crippen MR) is 211 cm³/mol. The number of allylic oxidation sites excluding steroid dienone is 5. The summed E-state index contributed by atoms with van der Waals surface area (Å²) in [6.45, 7) is 4.56. The minimum atomic E-state index is -0.160. The molecule has 3 aromatic carbocycles. The van der Waals surface area contributed by atoms with E-state index in [1.54, 1.807) is 23.1 Å². The Bertz CT molecular complexity index is 2210. The van der Waals surface area contributed by atoms with Gasteiger partial charge in [0.25, 0.3) is 0 Å². The van der Waals surface area contributed by atoms with Crippen molar-refractivity contribution in [1.82, 2.24) is 29.9 Å². The molecule has 1 aliphatic carbocycles. The van der Waals surface area contributed by atoms with Crippen molar-refractivity contribution in [2.24, 2.45) is 0 Å². The van der Waals surface area contributed by atoms with Gasteiger partial charge in [-0.3, -0.25) is 0 Å². The minimum Gasteiger partial charge on any atom is -0.212 e. The summed E-state index contributed by atoms with van der Waals surface area (Å²) in [6, 6.07) is 31.9. The van der Waals surface area contributed by atoms with Gasteiger partial charge in [0.2, 0.25) is 0 Å². The van der Waals surface area contributed by atoms with Crippen LogP contribution in [0, 0.1) is 0 Å². The zero-order chi connectivity index (χ0) is 34.6. The molecule has 51 heavy (non-hydrogen) atoms. The maximum absolute atomic E-state index is 5.01. The van der Waals surface area contributed by atoms with Gasteiger partial charge in [-0.05, 0) is 60.1 Å². The highest BCUT2D eigenvalue weighted by molar-refractivity contribution is 8.02. The molecule has 6 nitrogen and oxygen atoms in total. The van der Waals surface area contributed by atoms with Crippen LogP contribution in [0.5, 0.6) is 0 Å². The first-order chi connectivity index (χ1) is 25.1. The van der Waals surface area contributed by atoms with E-state index in [0.717, 1.165) is 76.7 Å². The summed E-state index contributed by atoms with van der Waals surface area (Å²) >= 11 is 3.42. The first-order valence-electron chi connectivity index (χ1n) is 17.6. The first-order valence-corrected chi connectivity index (χ1v) is 19.5. The molecule has 2 aliphatic rings. The zero-order valence-electron chi connectivity index (χ0n) is 28.7. The predicted octanol–water partition coefficient (Wildman–Crippen LogP) is 11.3. The summed E-state index contributed by atoms with van der Waals surface area (Å²) in [5, 5.41) is 4.42. The number of thioether (sulfide) groups is 1. The monoisotopic (exact) mass is 702 g/mol. The molecule has 0 saturated carbocycles. The van der Waals surface area contributed by atoms with E-state index in [1.165, 1.54) is 11.1 Å². The average molecular weight is 703 g/mol. The van der Waals surface area contributed by atoms with Gasteiger partial charge in [-0.2, -0.15) is 0 Å². The molecule has 0 radical (unpaired) electrons. The van der Waals surface area contributed by atoms with Gasteiger partial charge in [0.15, 0.2) is 29.1 Å². The van der Waals surface area contributed by atoms with Gasteiger partial charge in [-0.1, -0.05) is 123 Å². The number of hydrogen-bond donors (Lipinski definition) is 0. The molecule has 1 unspecified atom stereocenters. The molecule has 1 aliphatic heterocycles. The van der Waals surface area contributed by atoms with Crippen LogP contribution in [0.1, 0.15) is 74.0 Å². The van der Waals surface area contributed by atoms with Crippen LogP contribution in [-0.4, -0.2) is 29.9 Å². The van der Waals surface area contributed by atoms with Crippen LogP contribution < -0.4 is 0 Å². The topological polar surface area (TPSA) is 77.3 Å². The lowest BCUT2D eigenvalue weighted by molar-refractivity contribution is 0.478. The highest BCUT2D eigenvalue weighted by Gasteiger charge is 2.31. The van der Waals surface area contributed by atoms with E-state index in [9.17, 15) is 0 Å². The lowest BCUT2D eigenvalue weighted by Crippen LogP contribution is -2.26. The van der Waals surface area contributed by atoms with Crippen molar-refractivity contribution >= 4 is 28.7 Å². The quantitative estimate of drug-likeness (QED) is 0.141. The molecule has 6 aromatic rings. The first kappa shape index (κ1) is 33.1. The van der Waals surface area contributed by atoms with Gasteiger partial charge in [-0.15, -0.1) is 23.1 Å². The third kappa shape index (κ3) is 6.74. The Morgan fingerprint density at radius 2 is 1.22 bits per heavy atom. The lowest BCUT2D eigenvalue weighted by Gasteiger charge is -2.33. The molecule has 0 fully saturated rings. The summed E-state index contributed by atoms with van der Waals surface area (Å²) in [5.74, 6) is 4.37. The molecule has 0 spiro atoms. The van der Waals surface area contributed by atoms with Crippen LogP contribution >= 0.6 is 23.1 Å². The Morgan fingerprint density at radius 3 is 1.78 bits per heavy atom. The van der Waals surface area contributed by atoms with Gasteiger partial charge >= 0.3 is 0 Å². The Balaban J connectivity index is 1.12. The van der Waals surface area contributed by atoms with E-state index < -0.39 is 0 Å². The van der Waals surface area contributed by atoms with Crippen molar-refractivity contribution < 1.29 is 0 Å². The normalized spacial score (nSPS) is 15.6. The molecule has 3 aromatic heterocycles. The fourth-order valence-corrected chi connectivity index (χ4v) is 8.49. The summed E-state index contributed by atoms with van der Waals surface area (Å²) in [4.78, 5) is 30.7. The fraction of sp³-hybridized carbons (Fsp3) is 0.209. The number of benzene rings is 3. The van der Waals surface area contributed by atoms with Gasteiger partial charge in [0.05, 0.1) is 10.1 Å². The summed E-state index contributed by atoms with van der Waals surface area (Å²) in [7, 11) is 0. The van der Waals surface area contributed by atoms with E-state index in [4.69, 9.17) is 29.9 Å². The second-order valence-corrected chi connectivity index (χ2v) is 14.9. The third-order valence-electron chi connectivity index (χ3n) is 9.89. The Kier molecular flexibility index (Phi) is 9.52. The molecule has 0 bridgehead atoms. The summed E-state index contributed by atoms with van der Waals surface area (Å²) in [5.41, 5.74) is 6.40. The Labute approximate surface area is 307 Å². The fourth-order valence-electron chi connectivity index (χ4n) is 6.97. The Hall–Kier alpha value is -5.05. The molecule has 252 valence electrons. The van der Waals surface area contributed by atoms with Crippen molar-refractivity contribution in [3.05, 3.63) is 149 Å². The van der Waals surface area contributed by atoms with Crippen molar-refractivity contribution in [2.45, 2.75) is 56.6 Å². The number of thiophene rings is 1. The lowest BCUT2D eigenvalue weighted by atomic mass is 9.70. The van der Waals surface area contributed by atoms with E-state index in [0.29, 0.717) is 17.5 Å². The van der Waals surface area contributed by atoms with Crippen LogP contribution in [-0.2, 0) is 5.41 Å². The maximum Gasteiger partial charge on any atom is 0.174 e. The SMILES string of the molecule is CCC(CC)(c1ccc(-c2nc(-c3ccccc3)nc(-c3cccs3)n2)cc1)c1ccc(-c2nc(C3=CCCC=C3)nc(C3CC=CS3)n2)cc1. The molecule has 0 saturated heterocycles. The van der Waals surface area contributed by atoms with Crippen LogP contribution in [0.15, 0.2) is 126 Å². The van der Waals surface area contributed by atoms with Crippen LogP contribution in [0.25, 0.3) is 50.4 Å². The molecule has 4 heterocycles. The molecule has 0 N–H and O–H groups in total. The molecule has 8 heteroatoms. The highest BCUT2D eigenvalue weighted by atomic mass is 32.2. The third-order valence-corrected chi connectivity index (χ3v) is 11.8. The number of hydrogen-bond acceptors (Lipinski definition) is 8. The van der Waals surface area contributed by atoms with E-state index in [2.05, 4.69) is 104 Å². The Morgan fingerprint density at radius 1 is 0.608 bits per heavy atom. The van der Waals surface area contributed by atoms with Gasteiger partial charge in [-0.25, -0.2) is 29.9 Å². The van der Waals surface area contributed by atoms with Gasteiger partial charge in [0, 0.05) is 27.7 Å². The summed E-state index contributed by atoms with van der Waals surface area (Å²) < 4.78 is 0. The largest absolute Gasteiger partial charge is 0.212 e. The average Bonchev–Trinajstić information content (AvgIpc) is 3.96. The maximum atomic E-state index is 5.01. The number of rotatable bonds is 10. The van der Waals surface area contributed by atoms with Gasteiger partial charge < -0.3 is 0 Å². The second kappa shape index (κ2) is 14.7. The smallest absolute Gasteiger partial charge is 0.174 e. The van der Waals surface area contributed by atoms with Crippen molar-refractivity contribution in [3.8, 4) is 44.9 Å². The number of nitrogens with zero attached hydrogens (tertiary/aromatic N) is 6. The van der Waals surface area contributed by atoms with Crippen LogP contribution in [0.2, 0.25) is 0 Å². The van der Waals surface area contributed by atoms with Crippen molar-refractivity contribution in [1.29, 1.82) is 0 Å². The standard InChI is InChI=1S/C43H38N6S2/c1-3-43(4-2,33-23-19-31(20-24-33)39-44-37(29-13-7-5-8-14-29)46-41(48-39)35-17-11-27-50-35)34-25-21-32(22-26-34)40-45-38(30-15-9-6-10-16-30)47-42(49-40)36-18-12-28-51-36/h5,7-9,11-17,19-28,36H,3-4,6,10,18H2,1-2H3. The molecule has 1 atom stereocenters. The van der Waals surface area contributed by atoms with Gasteiger partial charge in [0.1, 0.15) is 5.82 Å². The highest BCUT2D eigenvalue weighted by Crippen LogP contribution is 2.41. The molecular formula is C43H38N6S2. The van der Waals surface area contributed by atoms with Crippen LogP contribution in [0.3, 0.4) is 0 Å². The molecule has 0 amide bonds. The van der Waals surface area contributed by atoms with Crippen molar-refractivity contribution in [2.75, 3.05) is 0 Å². The zero-order valence-corrected chi connectivity index (χ0v) is 30.4. The van der Waals surface area contributed by atoms with Crippen molar-refractivity contribution in [3.63, 3.8) is 0 Å². The van der Waals surface area contributed by atoms with E-state index in [-0.39, 0.29) is 10.7 Å². The molecular weight excluding hydrogens is 665 g/mol. The minimum absolute atomic E-state index is 0.160. The second-order valence-electron chi connectivity index (χ2n) is 12.8. The molecule has 8 rings (SSSR count). The van der Waals surface area contributed by atoms with Crippen LogP contribution in [0.4, 0.5) is 0 Å². The van der Waals surface area contributed by atoms with E-state index in [1.807, 2.05) is 36.4 Å².